The molecule has 0 saturated carbocycles. The quantitative estimate of drug-likeness (QED) is 0.618. The van der Waals surface area contributed by atoms with E-state index in [0.717, 1.165) is 28.6 Å². The van der Waals surface area contributed by atoms with Crippen LogP contribution >= 0.6 is 15.9 Å². The Hall–Kier alpha value is -1.69. The highest BCUT2D eigenvalue weighted by Gasteiger charge is 2.47. The van der Waals surface area contributed by atoms with Crippen LogP contribution in [0, 0.1) is 0 Å². The van der Waals surface area contributed by atoms with E-state index in [1.807, 2.05) is 12.1 Å². The fourth-order valence-electron chi connectivity index (χ4n) is 5.14. The van der Waals surface area contributed by atoms with Crippen molar-refractivity contribution in [3.63, 3.8) is 0 Å². The third-order valence-electron chi connectivity index (χ3n) is 6.52. The van der Waals surface area contributed by atoms with Crippen molar-refractivity contribution in [2.75, 3.05) is 26.9 Å². The molecule has 152 valence electrons. The molecule has 2 aliphatic heterocycles. The van der Waals surface area contributed by atoms with E-state index < -0.39 is 5.67 Å². The zero-order valence-corrected chi connectivity index (χ0v) is 18.3. The molecule has 0 aromatic heterocycles. The van der Waals surface area contributed by atoms with Crippen molar-refractivity contribution in [3.05, 3.63) is 69.2 Å². The average Bonchev–Trinajstić information content (AvgIpc) is 3.05. The lowest BCUT2D eigenvalue weighted by Crippen LogP contribution is -2.57. The predicted octanol–water partition coefficient (Wildman–Crippen LogP) is 5.34. The first kappa shape index (κ1) is 19.3. The molecule has 0 N–H and O–H groups in total. The molecule has 2 heterocycles. The van der Waals surface area contributed by atoms with Crippen LogP contribution in [-0.2, 0) is 11.2 Å². The molecular formula is C24H25BrFNO2. The van der Waals surface area contributed by atoms with Gasteiger partial charge < -0.3 is 9.47 Å². The van der Waals surface area contributed by atoms with E-state index >= 15 is 4.39 Å². The van der Waals surface area contributed by atoms with Crippen LogP contribution in [-0.4, -0.2) is 43.5 Å². The summed E-state index contributed by atoms with van der Waals surface area (Å²) in [6, 6.07) is 15.0. The molecule has 2 aromatic rings. The van der Waals surface area contributed by atoms with Gasteiger partial charge in [0.05, 0.1) is 30.8 Å². The number of hydrogen-bond acceptors (Lipinski definition) is 3. The van der Waals surface area contributed by atoms with Crippen LogP contribution in [0.1, 0.15) is 36.1 Å². The summed E-state index contributed by atoms with van der Waals surface area (Å²) in [6.45, 7) is 2.96. The van der Waals surface area contributed by atoms with Crippen LogP contribution < -0.4 is 4.74 Å². The van der Waals surface area contributed by atoms with E-state index in [-0.39, 0.29) is 25.3 Å². The summed E-state index contributed by atoms with van der Waals surface area (Å²) in [5.74, 6) is 0.831. The Morgan fingerprint density at radius 1 is 1.21 bits per heavy atom. The highest BCUT2D eigenvalue weighted by molar-refractivity contribution is 9.10. The molecule has 5 heteroatoms. The predicted molar refractivity (Wildman–Crippen MR) is 116 cm³/mol. The van der Waals surface area contributed by atoms with Gasteiger partial charge in [-0.15, -0.1) is 0 Å². The maximum absolute atomic E-state index is 15.2. The Morgan fingerprint density at radius 2 is 2.00 bits per heavy atom. The number of methoxy groups -OCH3 is 1. The molecule has 1 aliphatic carbocycles. The molecular weight excluding hydrogens is 433 g/mol. The topological polar surface area (TPSA) is 21.7 Å². The molecule has 3 nitrogen and oxygen atoms in total. The zero-order valence-electron chi connectivity index (χ0n) is 16.8. The normalized spacial score (nSPS) is 25.4. The van der Waals surface area contributed by atoms with Crippen molar-refractivity contribution in [1.29, 1.82) is 0 Å². The Kier molecular flexibility index (Phi) is 4.80. The zero-order chi connectivity index (χ0) is 20.2. The highest BCUT2D eigenvalue weighted by atomic mass is 79.9. The fraction of sp³-hybridized carbons (Fsp3) is 0.417. The lowest BCUT2D eigenvalue weighted by molar-refractivity contribution is -0.147. The van der Waals surface area contributed by atoms with Crippen molar-refractivity contribution in [1.82, 2.24) is 4.90 Å². The van der Waals surface area contributed by atoms with Crippen molar-refractivity contribution >= 4 is 21.5 Å². The van der Waals surface area contributed by atoms with Crippen molar-refractivity contribution in [2.45, 2.75) is 37.5 Å². The number of benzene rings is 2. The maximum atomic E-state index is 15.2. The highest BCUT2D eigenvalue weighted by Crippen LogP contribution is 2.51. The van der Waals surface area contributed by atoms with Crippen LogP contribution in [0.5, 0.6) is 5.75 Å². The molecule has 1 fully saturated rings. The van der Waals surface area contributed by atoms with Gasteiger partial charge >= 0.3 is 0 Å². The Morgan fingerprint density at radius 3 is 2.72 bits per heavy atom. The number of alkyl halides is 1. The smallest absolute Gasteiger partial charge is 0.169 e. The van der Waals surface area contributed by atoms with Gasteiger partial charge in [-0.3, -0.25) is 4.90 Å². The molecule has 2 atom stereocenters. The van der Waals surface area contributed by atoms with Crippen LogP contribution in [0.15, 0.2) is 52.5 Å². The fourth-order valence-corrected chi connectivity index (χ4v) is 5.68. The number of fused-ring (bicyclic) bond motifs is 2. The molecule has 0 radical (unpaired) electrons. The van der Waals surface area contributed by atoms with Gasteiger partial charge in [0.2, 0.25) is 0 Å². The standard InChI is InChI=1S/C24H25BrFNO2/c1-15-10-19-17-7-4-3-6-16(17)11-20(19)22(27(15)12-24(26)13-29-14-24)18-8-5-9-21(25)23(18)28-2/h3-9,15,22H,10-14H2,1-2H3/t15-,22-/m1/s1. The van der Waals surface area contributed by atoms with Crippen molar-refractivity contribution in [3.8, 4) is 5.75 Å². The van der Waals surface area contributed by atoms with Gasteiger partial charge in [-0.05, 0) is 64.0 Å². The third kappa shape index (κ3) is 3.15. The lowest BCUT2D eigenvalue weighted by atomic mass is 9.83. The summed E-state index contributed by atoms with van der Waals surface area (Å²) in [5.41, 5.74) is 5.36. The Balaban J connectivity index is 1.65. The van der Waals surface area contributed by atoms with Gasteiger partial charge in [0.25, 0.3) is 0 Å². The van der Waals surface area contributed by atoms with Gasteiger partial charge in [0.15, 0.2) is 5.67 Å². The second kappa shape index (κ2) is 7.22. The van der Waals surface area contributed by atoms with E-state index in [2.05, 4.69) is 58.1 Å². The first-order valence-electron chi connectivity index (χ1n) is 10.2. The molecule has 0 amide bonds. The third-order valence-corrected chi connectivity index (χ3v) is 7.15. The Bertz CT molecular complexity index is 985. The molecule has 29 heavy (non-hydrogen) atoms. The molecule has 5 rings (SSSR count). The van der Waals surface area contributed by atoms with Crippen LogP contribution in [0.25, 0.3) is 5.57 Å². The maximum Gasteiger partial charge on any atom is 0.169 e. The number of halogens is 2. The number of para-hydroxylation sites is 1. The molecule has 2 aromatic carbocycles. The minimum absolute atomic E-state index is 0.0122. The summed E-state index contributed by atoms with van der Waals surface area (Å²) in [6.07, 6.45) is 1.85. The number of hydrogen-bond donors (Lipinski definition) is 0. The van der Waals surface area contributed by atoms with Gasteiger partial charge in [-0.2, -0.15) is 0 Å². The summed E-state index contributed by atoms with van der Waals surface area (Å²) >= 11 is 3.64. The minimum atomic E-state index is -1.27. The van der Waals surface area contributed by atoms with Gasteiger partial charge in [-0.1, -0.05) is 36.4 Å². The number of rotatable bonds is 4. The molecule has 0 unspecified atom stereocenters. The van der Waals surface area contributed by atoms with E-state index in [0.29, 0.717) is 6.54 Å². The first-order chi connectivity index (χ1) is 14.0. The molecule has 0 spiro atoms. The minimum Gasteiger partial charge on any atom is -0.495 e. The molecule has 1 saturated heterocycles. The lowest BCUT2D eigenvalue weighted by Gasteiger charge is -2.47. The first-order valence-corrected chi connectivity index (χ1v) is 10.9. The second-order valence-corrected chi connectivity index (χ2v) is 9.33. The summed E-state index contributed by atoms with van der Waals surface area (Å²) in [4.78, 5) is 2.33. The van der Waals surface area contributed by atoms with E-state index in [4.69, 9.17) is 9.47 Å². The van der Waals surface area contributed by atoms with Gasteiger partial charge in [0, 0.05) is 18.2 Å². The van der Waals surface area contributed by atoms with E-state index in [1.165, 1.54) is 22.3 Å². The summed E-state index contributed by atoms with van der Waals surface area (Å²) in [7, 11) is 1.70. The molecule has 0 bridgehead atoms. The van der Waals surface area contributed by atoms with Crippen molar-refractivity contribution in [2.24, 2.45) is 0 Å². The monoisotopic (exact) mass is 457 g/mol. The largest absolute Gasteiger partial charge is 0.495 e. The van der Waals surface area contributed by atoms with Gasteiger partial charge in [-0.25, -0.2) is 4.39 Å². The summed E-state index contributed by atoms with van der Waals surface area (Å²) < 4.78 is 27.1. The van der Waals surface area contributed by atoms with Crippen LogP contribution in [0.2, 0.25) is 0 Å². The van der Waals surface area contributed by atoms with E-state index in [9.17, 15) is 0 Å². The SMILES string of the molecule is COc1c(Br)cccc1[C@@H]1C2=C(C[C@@H](C)N1CC1(F)COC1)c1ccccc1C2. The van der Waals surface area contributed by atoms with E-state index in [1.54, 1.807) is 7.11 Å². The summed E-state index contributed by atoms with van der Waals surface area (Å²) in [5, 5.41) is 0. The van der Waals surface area contributed by atoms with Gasteiger partial charge in [0.1, 0.15) is 5.75 Å². The molecule has 3 aliphatic rings. The van der Waals surface area contributed by atoms with Crippen LogP contribution in [0.4, 0.5) is 4.39 Å². The van der Waals surface area contributed by atoms with Crippen molar-refractivity contribution < 1.29 is 13.9 Å². The van der Waals surface area contributed by atoms with Crippen LogP contribution in [0.3, 0.4) is 0 Å². The Labute approximate surface area is 179 Å². The number of ether oxygens (including phenoxy) is 2. The average molecular weight is 458 g/mol. The number of nitrogens with zero attached hydrogens (tertiary/aromatic N) is 1. The second-order valence-electron chi connectivity index (χ2n) is 8.47.